The highest BCUT2D eigenvalue weighted by atomic mass is 14.9. The summed E-state index contributed by atoms with van der Waals surface area (Å²) in [6.07, 6.45) is 7.84. The van der Waals surface area contributed by atoms with Gasteiger partial charge < -0.3 is 5.32 Å². The molecule has 1 N–H and O–H groups in total. The average Bonchev–Trinajstić information content (AvgIpc) is 2.05. The van der Waals surface area contributed by atoms with E-state index in [1.54, 1.807) is 5.57 Å². The van der Waals surface area contributed by atoms with E-state index in [2.05, 4.69) is 25.2 Å². The summed E-state index contributed by atoms with van der Waals surface area (Å²) in [6, 6.07) is 0. The maximum Gasteiger partial charge on any atom is 0.0164 e. The van der Waals surface area contributed by atoms with Gasteiger partial charge in [0.25, 0.3) is 0 Å². The van der Waals surface area contributed by atoms with Gasteiger partial charge in [-0.15, -0.1) is 0 Å². The van der Waals surface area contributed by atoms with Crippen LogP contribution in [0.15, 0.2) is 11.6 Å². The highest BCUT2D eigenvalue weighted by Gasteiger charge is 2.02. The van der Waals surface area contributed by atoms with Crippen molar-refractivity contribution in [3.05, 3.63) is 11.6 Å². The van der Waals surface area contributed by atoms with Crippen molar-refractivity contribution in [3.8, 4) is 0 Å². The van der Waals surface area contributed by atoms with Gasteiger partial charge in [-0.05, 0) is 38.1 Å². The first-order valence-electron chi connectivity index (χ1n) is 5.17. The molecule has 0 unspecified atom stereocenters. The van der Waals surface area contributed by atoms with Gasteiger partial charge in [0.15, 0.2) is 0 Å². The van der Waals surface area contributed by atoms with Gasteiger partial charge in [0.1, 0.15) is 0 Å². The van der Waals surface area contributed by atoms with E-state index >= 15 is 0 Å². The third-order valence-electron chi connectivity index (χ3n) is 2.29. The molecule has 0 heterocycles. The summed E-state index contributed by atoms with van der Waals surface area (Å²) >= 11 is 0. The van der Waals surface area contributed by atoms with Gasteiger partial charge >= 0.3 is 0 Å². The number of allylic oxidation sites excluding steroid dienone is 1. The number of nitrogens with one attached hydrogen (secondary N) is 1. The summed E-state index contributed by atoms with van der Waals surface area (Å²) < 4.78 is 0. The molecule has 1 aliphatic carbocycles. The van der Waals surface area contributed by atoms with Gasteiger partial charge in [0, 0.05) is 6.54 Å². The minimum Gasteiger partial charge on any atom is -0.313 e. The molecule has 0 radical (unpaired) electrons. The molecular weight excluding hydrogens is 146 g/mol. The standard InChI is InChI=1S/C11H21N/c1-10(2)8-12-9-11-6-4-3-5-7-11/h6,10,12H,3-5,7-9H2,1-2H3. The zero-order valence-electron chi connectivity index (χ0n) is 8.40. The zero-order valence-corrected chi connectivity index (χ0v) is 8.40. The minimum absolute atomic E-state index is 0.772. The molecule has 1 aliphatic rings. The molecule has 1 rings (SSSR count). The monoisotopic (exact) mass is 167 g/mol. The largest absolute Gasteiger partial charge is 0.313 e. The average molecular weight is 167 g/mol. The summed E-state index contributed by atoms with van der Waals surface area (Å²) in [5.74, 6) is 0.772. The Labute approximate surface area is 76.2 Å². The Balaban J connectivity index is 2.09. The zero-order chi connectivity index (χ0) is 8.81. The van der Waals surface area contributed by atoms with Gasteiger partial charge in [0.2, 0.25) is 0 Å². The van der Waals surface area contributed by atoms with E-state index in [1.807, 2.05) is 0 Å². The van der Waals surface area contributed by atoms with E-state index in [4.69, 9.17) is 0 Å². The van der Waals surface area contributed by atoms with Crippen molar-refractivity contribution in [1.82, 2.24) is 5.32 Å². The minimum atomic E-state index is 0.772. The molecule has 70 valence electrons. The van der Waals surface area contributed by atoms with E-state index in [9.17, 15) is 0 Å². The van der Waals surface area contributed by atoms with E-state index in [0.717, 1.165) is 19.0 Å². The van der Waals surface area contributed by atoms with Gasteiger partial charge in [-0.25, -0.2) is 0 Å². The van der Waals surface area contributed by atoms with Crippen LogP contribution in [0.1, 0.15) is 39.5 Å². The van der Waals surface area contributed by atoms with Crippen LogP contribution in [0.25, 0.3) is 0 Å². The van der Waals surface area contributed by atoms with Crippen molar-refractivity contribution in [2.24, 2.45) is 5.92 Å². The van der Waals surface area contributed by atoms with Gasteiger partial charge in [-0.1, -0.05) is 25.5 Å². The predicted molar refractivity (Wildman–Crippen MR) is 54.3 cm³/mol. The summed E-state index contributed by atoms with van der Waals surface area (Å²) in [7, 11) is 0. The normalized spacial score (nSPS) is 18.1. The molecule has 1 nitrogen and oxygen atoms in total. The maximum absolute atomic E-state index is 3.49. The lowest BCUT2D eigenvalue weighted by Crippen LogP contribution is -2.22. The molecule has 0 aromatic carbocycles. The number of hydrogen-bond donors (Lipinski definition) is 1. The highest BCUT2D eigenvalue weighted by molar-refractivity contribution is 5.06. The summed E-state index contributed by atoms with van der Waals surface area (Å²) in [4.78, 5) is 0. The van der Waals surface area contributed by atoms with Crippen molar-refractivity contribution in [2.75, 3.05) is 13.1 Å². The maximum atomic E-state index is 3.49. The van der Waals surface area contributed by atoms with Crippen LogP contribution < -0.4 is 5.32 Å². The smallest absolute Gasteiger partial charge is 0.0164 e. The SMILES string of the molecule is CC(C)CNCC1=CCCCC1. The molecule has 0 amide bonds. The fourth-order valence-electron chi connectivity index (χ4n) is 1.59. The second-order valence-electron chi connectivity index (χ2n) is 4.13. The molecule has 12 heavy (non-hydrogen) atoms. The van der Waals surface area contributed by atoms with Crippen LogP contribution >= 0.6 is 0 Å². The molecule has 0 aromatic rings. The quantitative estimate of drug-likeness (QED) is 0.635. The summed E-state index contributed by atoms with van der Waals surface area (Å²) in [6.45, 7) is 6.78. The lowest BCUT2D eigenvalue weighted by molar-refractivity contribution is 0.559. The molecule has 0 bridgehead atoms. The van der Waals surface area contributed by atoms with Crippen molar-refractivity contribution >= 4 is 0 Å². The van der Waals surface area contributed by atoms with E-state index in [0.29, 0.717) is 0 Å². The Bertz CT molecular complexity index is 147. The molecule has 0 saturated carbocycles. The summed E-state index contributed by atoms with van der Waals surface area (Å²) in [5, 5.41) is 3.49. The van der Waals surface area contributed by atoms with Crippen LogP contribution in [0.3, 0.4) is 0 Å². The topological polar surface area (TPSA) is 12.0 Å². The van der Waals surface area contributed by atoms with Crippen molar-refractivity contribution < 1.29 is 0 Å². The van der Waals surface area contributed by atoms with Crippen LogP contribution in [0.4, 0.5) is 0 Å². The van der Waals surface area contributed by atoms with Crippen molar-refractivity contribution in [2.45, 2.75) is 39.5 Å². The van der Waals surface area contributed by atoms with Crippen LogP contribution in [-0.4, -0.2) is 13.1 Å². The molecule has 0 spiro atoms. The number of rotatable bonds is 4. The van der Waals surface area contributed by atoms with Crippen LogP contribution in [-0.2, 0) is 0 Å². The first kappa shape index (κ1) is 9.79. The van der Waals surface area contributed by atoms with E-state index < -0.39 is 0 Å². The first-order chi connectivity index (χ1) is 5.79. The summed E-state index contributed by atoms with van der Waals surface area (Å²) in [5.41, 5.74) is 1.63. The van der Waals surface area contributed by atoms with Crippen molar-refractivity contribution in [1.29, 1.82) is 0 Å². The Kier molecular flexibility index (Phi) is 4.37. The molecule has 0 saturated heterocycles. The second kappa shape index (κ2) is 5.36. The number of hydrogen-bond acceptors (Lipinski definition) is 1. The van der Waals surface area contributed by atoms with Crippen molar-refractivity contribution in [3.63, 3.8) is 0 Å². The Morgan fingerprint density at radius 1 is 1.42 bits per heavy atom. The Morgan fingerprint density at radius 3 is 2.83 bits per heavy atom. The van der Waals surface area contributed by atoms with Gasteiger partial charge in [-0.3, -0.25) is 0 Å². The van der Waals surface area contributed by atoms with Gasteiger partial charge in [-0.2, -0.15) is 0 Å². The lowest BCUT2D eigenvalue weighted by atomic mass is 9.99. The third kappa shape index (κ3) is 3.91. The third-order valence-corrected chi connectivity index (χ3v) is 2.29. The van der Waals surface area contributed by atoms with Crippen LogP contribution in [0, 0.1) is 5.92 Å². The van der Waals surface area contributed by atoms with Crippen LogP contribution in [0.5, 0.6) is 0 Å². The van der Waals surface area contributed by atoms with Crippen LogP contribution in [0.2, 0.25) is 0 Å². The predicted octanol–water partition coefficient (Wildman–Crippen LogP) is 2.73. The lowest BCUT2D eigenvalue weighted by Gasteiger charge is -2.14. The molecule has 0 aromatic heterocycles. The second-order valence-corrected chi connectivity index (χ2v) is 4.13. The molecule has 1 heteroatoms. The fraction of sp³-hybridized carbons (Fsp3) is 0.818. The van der Waals surface area contributed by atoms with E-state index in [1.165, 1.54) is 25.7 Å². The molecule has 0 fully saturated rings. The molecule has 0 aliphatic heterocycles. The first-order valence-corrected chi connectivity index (χ1v) is 5.17. The molecule has 0 atom stereocenters. The highest BCUT2D eigenvalue weighted by Crippen LogP contribution is 2.16. The Morgan fingerprint density at radius 2 is 2.25 bits per heavy atom. The van der Waals surface area contributed by atoms with E-state index in [-0.39, 0.29) is 0 Å². The van der Waals surface area contributed by atoms with Gasteiger partial charge in [0.05, 0.1) is 0 Å². The fourth-order valence-corrected chi connectivity index (χ4v) is 1.59. The molecular formula is C11H21N. The Hall–Kier alpha value is -0.300.